The highest BCUT2D eigenvalue weighted by atomic mass is 16.5. The average Bonchev–Trinajstić information content (AvgIpc) is 2.52. The third-order valence-corrected chi connectivity index (χ3v) is 3.62. The lowest BCUT2D eigenvalue weighted by Crippen LogP contribution is -2.26. The minimum absolute atomic E-state index is 0.219. The fourth-order valence-corrected chi connectivity index (χ4v) is 2.33. The second kappa shape index (κ2) is 7.84. The summed E-state index contributed by atoms with van der Waals surface area (Å²) in [4.78, 5) is 0. The second-order valence-corrected chi connectivity index (χ2v) is 5.56. The molecule has 0 saturated heterocycles. The second-order valence-electron chi connectivity index (χ2n) is 5.56. The van der Waals surface area contributed by atoms with Crippen molar-refractivity contribution in [3.8, 4) is 5.75 Å². The molecule has 2 aromatic carbocycles. The van der Waals surface area contributed by atoms with E-state index >= 15 is 0 Å². The van der Waals surface area contributed by atoms with Crippen molar-refractivity contribution in [3.63, 3.8) is 0 Å². The maximum Gasteiger partial charge on any atom is 0.119 e. The SMILES string of the molecule is CCNC(COc1ccccc1)c1ccc(C(C)C)cc1. The number of hydrogen-bond donors (Lipinski definition) is 1. The Morgan fingerprint density at radius 3 is 2.10 bits per heavy atom. The van der Waals surface area contributed by atoms with E-state index in [1.807, 2.05) is 30.3 Å². The third kappa shape index (κ3) is 4.61. The first-order valence-electron chi connectivity index (χ1n) is 7.71. The number of ether oxygens (including phenoxy) is 1. The maximum atomic E-state index is 5.89. The van der Waals surface area contributed by atoms with Crippen molar-refractivity contribution in [2.75, 3.05) is 13.2 Å². The van der Waals surface area contributed by atoms with E-state index in [1.165, 1.54) is 11.1 Å². The molecular weight excluding hydrogens is 258 g/mol. The zero-order valence-corrected chi connectivity index (χ0v) is 13.2. The largest absolute Gasteiger partial charge is 0.492 e. The number of hydrogen-bond acceptors (Lipinski definition) is 2. The van der Waals surface area contributed by atoms with Gasteiger partial charge in [-0.1, -0.05) is 63.2 Å². The molecule has 0 spiro atoms. The van der Waals surface area contributed by atoms with Gasteiger partial charge in [0.25, 0.3) is 0 Å². The Labute approximate surface area is 128 Å². The highest BCUT2D eigenvalue weighted by molar-refractivity contribution is 5.27. The van der Waals surface area contributed by atoms with Gasteiger partial charge in [-0.25, -0.2) is 0 Å². The Hall–Kier alpha value is -1.80. The van der Waals surface area contributed by atoms with Crippen molar-refractivity contribution in [1.82, 2.24) is 5.32 Å². The van der Waals surface area contributed by atoms with Gasteiger partial charge < -0.3 is 10.1 Å². The highest BCUT2D eigenvalue weighted by Crippen LogP contribution is 2.20. The number of para-hydroxylation sites is 1. The van der Waals surface area contributed by atoms with Crippen LogP contribution in [-0.2, 0) is 0 Å². The van der Waals surface area contributed by atoms with Crippen molar-refractivity contribution in [2.45, 2.75) is 32.7 Å². The Morgan fingerprint density at radius 2 is 1.52 bits per heavy atom. The first-order chi connectivity index (χ1) is 10.2. The topological polar surface area (TPSA) is 21.3 Å². The molecule has 1 unspecified atom stereocenters. The van der Waals surface area contributed by atoms with E-state index in [0.717, 1.165) is 12.3 Å². The normalized spacial score (nSPS) is 12.4. The predicted octanol–water partition coefficient (Wildman–Crippen LogP) is 4.54. The molecule has 0 fully saturated rings. The van der Waals surface area contributed by atoms with Crippen molar-refractivity contribution in [3.05, 3.63) is 65.7 Å². The quantitative estimate of drug-likeness (QED) is 0.805. The number of benzene rings is 2. The standard InChI is InChI=1S/C19H25NO/c1-4-20-19(14-21-18-8-6-5-7-9-18)17-12-10-16(11-13-17)15(2)3/h5-13,15,19-20H,4,14H2,1-3H3. The van der Waals surface area contributed by atoms with Crippen LogP contribution in [-0.4, -0.2) is 13.2 Å². The molecule has 0 amide bonds. The number of likely N-dealkylation sites (N-methyl/N-ethyl adjacent to an activating group) is 1. The molecular formula is C19H25NO. The molecule has 0 aliphatic heterocycles. The van der Waals surface area contributed by atoms with Crippen LogP contribution in [0.25, 0.3) is 0 Å². The molecule has 0 radical (unpaired) electrons. The van der Waals surface area contributed by atoms with Crippen molar-refractivity contribution >= 4 is 0 Å². The van der Waals surface area contributed by atoms with E-state index < -0.39 is 0 Å². The van der Waals surface area contributed by atoms with E-state index in [2.05, 4.69) is 50.4 Å². The minimum Gasteiger partial charge on any atom is -0.492 e. The van der Waals surface area contributed by atoms with E-state index in [1.54, 1.807) is 0 Å². The summed E-state index contributed by atoms with van der Waals surface area (Å²) in [5.41, 5.74) is 2.65. The van der Waals surface area contributed by atoms with Crippen LogP contribution in [0.5, 0.6) is 5.75 Å². The molecule has 1 N–H and O–H groups in total. The van der Waals surface area contributed by atoms with Crippen LogP contribution in [0.15, 0.2) is 54.6 Å². The third-order valence-electron chi connectivity index (χ3n) is 3.62. The summed E-state index contributed by atoms with van der Waals surface area (Å²) < 4.78 is 5.89. The Morgan fingerprint density at radius 1 is 0.905 bits per heavy atom. The van der Waals surface area contributed by atoms with Crippen LogP contribution in [0.2, 0.25) is 0 Å². The summed E-state index contributed by atoms with van der Waals surface area (Å²) in [6, 6.07) is 19.0. The fourth-order valence-electron chi connectivity index (χ4n) is 2.33. The van der Waals surface area contributed by atoms with Crippen LogP contribution in [0.3, 0.4) is 0 Å². The molecule has 2 rings (SSSR count). The minimum atomic E-state index is 0.219. The van der Waals surface area contributed by atoms with Crippen LogP contribution < -0.4 is 10.1 Å². The molecule has 0 aromatic heterocycles. The first-order valence-corrected chi connectivity index (χ1v) is 7.71. The van der Waals surface area contributed by atoms with Crippen LogP contribution in [0.1, 0.15) is 43.9 Å². The Balaban J connectivity index is 2.04. The zero-order chi connectivity index (χ0) is 15.1. The van der Waals surface area contributed by atoms with Gasteiger partial charge >= 0.3 is 0 Å². The first kappa shape index (κ1) is 15.6. The summed E-state index contributed by atoms with van der Waals surface area (Å²) in [5.74, 6) is 1.48. The summed E-state index contributed by atoms with van der Waals surface area (Å²) >= 11 is 0. The molecule has 0 aliphatic carbocycles. The van der Waals surface area contributed by atoms with Crippen LogP contribution in [0, 0.1) is 0 Å². The molecule has 1 atom stereocenters. The Kier molecular flexibility index (Phi) is 5.82. The van der Waals surface area contributed by atoms with Gasteiger partial charge in [-0.2, -0.15) is 0 Å². The van der Waals surface area contributed by atoms with Crippen molar-refractivity contribution in [1.29, 1.82) is 0 Å². The smallest absolute Gasteiger partial charge is 0.119 e. The van der Waals surface area contributed by atoms with Gasteiger partial charge in [0, 0.05) is 0 Å². The molecule has 0 saturated carbocycles. The lowest BCUT2D eigenvalue weighted by molar-refractivity contribution is 0.268. The van der Waals surface area contributed by atoms with Crippen molar-refractivity contribution < 1.29 is 4.74 Å². The zero-order valence-electron chi connectivity index (χ0n) is 13.2. The van der Waals surface area contributed by atoms with Gasteiger partial charge in [0.05, 0.1) is 6.04 Å². The fraction of sp³-hybridized carbons (Fsp3) is 0.368. The van der Waals surface area contributed by atoms with Gasteiger partial charge in [-0.3, -0.25) is 0 Å². The van der Waals surface area contributed by atoms with Gasteiger partial charge in [-0.15, -0.1) is 0 Å². The van der Waals surface area contributed by atoms with E-state index in [9.17, 15) is 0 Å². The maximum absolute atomic E-state index is 5.89. The molecule has 21 heavy (non-hydrogen) atoms. The number of rotatable bonds is 7. The molecule has 0 bridgehead atoms. The van der Waals surface area contributed by atoms with Gasteiger partial charge in [0.1, 0.15) is 12.4 Å². The van der Waals surface area contributed by atoms with Crippen LogP contribution >= 0.6 is 0 Å². The van der Waals surface area contributed by atoms with E-state index in [-0.39, 0.29) is 6.04 Å². The Bertz CT molecular complexity index is 519. The van der Waals surface area contributed by atoms with E-state index in [4.69, 9.17) is 4.74 Å². The average molecular weight is 283 g/mol. The molecule has 112 valence electrons. The van der Waals surface area contributed by atoms with Gasteiger partial charge in [0.15, 0.2) is 0 Å². The monoisotopic (exact) mass is 283 g/mol. The van der Waals surface area contributed by atoms with Gasteiger partial charge in [0.2, 0.25) is 0 Å². The summed E-state index contributed by atoms with van der Waals surface area (Å²) in [6.07, 6.45) is 0. The summed E-state index contributed by atoms with van der Waals surface area (Å²) in [6.45, 7) is 8.12. The molecule has 2 nitrogen and oxygen atoms in total. The molecule has 2 heteroatoms. The predicted molar refractivity (Wildman–Crippen MR) is 88.9 cm³/mol. The molecule has 0 aliphatic rings. The van der Waals surface area contributed by atoms with Crippen molar-refractivity contribution in [2.24, 2.45) is 0 Å². The molecule has 2 aromatic rings. The summed E-state index contributed by atoms with van der Waals surface area (Å²) in [7, 11) is 0. The van der Waals surface area contributed by atoms with Crippen LogP contribution in [0.4, 0.5) is 0 Å². The van der Waals surface area contributed by atoms with Gasteiger partial charge in [-0.05, 0) is 35.7 Å². The van der Waals surface area contributed by atoms with E-state index in [0.29, 0.717) is 12.5 Å². The highest BCUT2D eigenvalue weighted by Gasteiger charge is 2.11. The lowest BCUT2D eigenvalue weighted by Gasteiger charge is -2.19. The summed E-state index contributed by atoms with van der Waals surface area (Å²) in [5, 5.41) is 3.49. The number of nitrogens with one attached hydrogen (secondary N) is 1. The molecule has 0 heterocycles. The lowest BCUT2D eigenvalue weighted by atomic mass is 9.99.